The number of carbonyl (C=O) groups excluding carboxylic acids is 1. The second-order valence-corrected chi connectivity index (χ2v) is 4.91. The molecule has 8 heteroatoms. The smallest absolute Gasteiger partial charge is 0.422 e. The van der Waals surface area contributed by atoms with Crippen molar-refractivity contribution in [1.29, 1.82) is 0 Å². The van der Waals surface area contributed by atoms with E-state index in [-0.39, 0.29) is 11.8 Å². The van der Waals surface area contributed by atoms with Gasteiger partial charge in [0.1, 0.15) is 0 Å². The summed E-state index contributed by atoms with van der Waals surface area (Å²) in [6.45, 7) is 2.11. The third kappa shape index (κ3) is 5.99. The summed E-state index contributed by atoms with van der Waals surface area (Å²) < 4.78 is 40.4. The summed E-state index contributed by atoms with van der Waals surface area (Å²) in [5.41, 5.74) is 5.19. The van der Waals surface area contributed by atoms with E-state index in [0.29, 0.717) is 12.1 Å². The quantitative estimate of drug-likeness (QED) is 0.846. The standard InChI is InChI=1S/C13H18F3N3O2/c1-3-6-12(2,17)11(20)19-9-4-5-10(18-7-9)21-8-13(14,15)16/h4-5,7H,3,6,8,17H2,1-2H3,(H,19,20). The van der Waals surface area contributed by atoms with E-state index in [9.17, 15) is 18.0 Å². The summed E-state index contributed by atoms with van der Waals surface area (Å²) >= 11 is 0. The van der Waals surface area contributed by atoms with Crippen LogP contribution >= 0.6 is 0 Å². The predicted octanol–water partition coefficient (Wildman–Crippen LogP) is 2.48. The lowest BCUT2D eigenvalue weighted by molar-refractivity contribution is -0.154. The van der Waals surface area contributed by atoms with Crippen LogP contribution in [0.25, 0.3) is 0 Å². The Morgan fingerprint density at radius 3 is 2.57 bits per heavy atom. The molecule has 1 heterocycles. The Labute approximate surface area is 120 Å². The molecule has 0 saturated heterocycles. The van der Waals surface area contributed by atoms with Crippen LogP contribution in [0.15, 0.2) is 18.3 Å². The van der Waals surface area contributed by atoms with E-state index in [1.54, 1.807) is 6.92 Å². The van der Waals surface area contributed by atoms with Crippen LogP contribution in [0.2, 0.25) is 0 Å². The first-order valence-corrected chi connectivity index (χ1v) is 6.40. The second-order valence-electron chi connectivity index (χ2n) is 4.91. The van der Waals surface area contributed by atoms with Gasteiger partial charge in [0.25, 0.3) is 0 Å². The summed E-state index contributed by atoms with van der Waals surface area (Å²) in [5.74, 6) is -0.551. The number of amides is 1. The van der Waals surface area contributed by atoms with Crippen LogP contribution in [-0.4, -0.2) is 29.2 Å². The van der Waals surface area contributed by atoms with Crippen LogP contribution in [0.4, 0.5) is 18.9 Å². The molecule has 0 saturated carbocycles. The highest BCUT2D eigenvalue weighted by molar-refractivity contribution is 5.97. The fourth-order valence-corrected chi connectivity index (χ4v) is 1.60. The molecule has 0 aliphatic rings. The normalized spacial score (nSPS) is 14.4. The van der Waals surface area contributed by atoms with Crippen LogP contribution in [0.3, 0.4) is 0 Å². The Balaban J connectivity index is 2.61. The molecule has 0 aliphatic carbocycles. The van der Waals surface area contributed by atoms with Gasteiger partial charge < -0.3 is 15.8 Å². The second kappa shape index (κ2) is 6.75. The number of hydrogen-bond acceptors (Lipinski definition) is 4. The van der Waals surface area contributed by atoms with Gasteiger partial charge in [0.15, 0.2) is 6.61 Å². The molecule has 21 heavy (non-hydrogen) atoms. The van der Waals surface area contributed by atoms with Crippen molar-refractivity contribution >= 4 is 11.6 Å². The van der Waals surface area contributed by atoms with E-state index in [1.807, 2.05) is 6.92 Å². The van der Waals surface area contributed by atoms with Crippen LogP contribution in [0.1, 0.15) is 26.7 Å². The maximum atomic E-state index is 12.0. The molecule has 0 bridgehead atoms. The van der Waals surface area contributed by atoms with Crippen LogP contribution in [0.5, 0.6) is 5.88 Å². The number of pyridine rings is 1. The number of hydrogen-bond donors (Lipinski definition) is 2. The molecule has 1 rings (SSSR count). The van der Waals surface area contributed by atoms with Gasteiger partial charge in [0.2, 0.25) is 11.8 Å². The number of nitrogens with one attached hydrogen (secondary N) is 1. The lowest BCUT2D eigenvalue weighted by Crippen LogP contribution is -2.48. The van der Waals surface area contributed by atoms with E-state index in [4.69, 9.17) is 5.73 Å². The van der Waals surface area contributed by atoms with Gasteiger partial charge in [-0.05, 0) is 19.4 Å². The molecule has 3 N–H and O–H groups in total. The SMILES string of the molecule is CCCC(C)(N)C(=O)Nc1ccc(OCC(F)(F)F)nc1. The third-order valence-corrected chi connectivity index (χ3v) is 2.67. The van der Waals surface area contributed by atoms with Crippen molar-refractivity contribution in [2.75, 3.05) is 11.9 Å². The fraction of sp³-hybridized carbons (Fsp3) is 0.538. The van der Waals surface area contributed by atoms with Gasteiger partial charge in [0, 0.05) is 6.07 Å². The number of alkyl halides is 3. The Morgan fingerprint density at radius 1 is 1.43 bits per heavy atom. The minimum atomic E-state index is -4.42. The maximum absolute atomic E-state index is 12.0. The van der Waals surface area contributed by atoms with E-state index in [2.05, 4.69) is 15.0 Å². The van der Waals surface area contributed by atoms with E-state index in [0.717, 1.165) is 6.42 Å². The average Bonchev–Trinajstić information content (AvgIpc) is 2.37. The summed E-state index contributed by atoms with van der Waals surface area (Å²) in [7, 11) is 0. The Morgan fingerprint density at radius 2 is 2.10 bits per heavy atom. The summed E-state index contributed by atoms with van der Waals surface area (Å²) in [5, 5.41) is 2.56. The molecule has 0 aromatic carbocycles. The van der Waals surface area contributed by atoms with Crippen molar-refractivity contribution < 1.29 is 22.7 Å². The fourth-order valence-electron chi connectivity index (χ4n) is 1.60. The van der Waals surface area contributed by atoms with E-state index < -0.39 is 18.3 Å². The number of anilines is 1. The molecule has 1 aromatic rings. The van der Waals surface area contributed by atoms with Crippen molar-refractivity contribution in [1.82, 2.24) is 4.98 Å². The first kappa shape index (κ1) is 17.2. The Kier molecular flexibility index (Phi) is 5.54. The number of ether oxygens (including phenoxy) is 1. The minimum absolute atomic E-state index is 0.172. The molecule has 1 unspecified atom stereocenters. The van der Waals surface area contributed by atoms with Crippen molar-refractivity contribution in [2.45, 2.75) is 38.4 Å². The van der Waals surface area contributed by atoms with Gasteiger partial charge in [-0.3, -0.25) is 4.79 Å². The monoisotopic (exact) mass is 305 g/mol. The molecule has 0 aliphatic heterocycles. The van der Waals surface area contributed by atoms with Gasteiger partial charge in [-0.2, -0.15) is 13.2 Å². The molecule has 5 nitrogen and oxygen atoms in total. The lowest BCUT2D eigenvalue weighted by Gasteiger charge is -2.22. The number of nitrogens with two attached hydrogens (primary N) is 1. The Bertz CT molecular complexity index is 473. The first-order chi connectivity index (χ1) is 9.64. The number of aromatic nitrogens is 1. The minimum Gasteiger partial charge on any atom is -0.468 e. The van der Waals surface area contributed by atoms with Crippen LogP contribution < -0.4 is 15.8 Å². The van der Waals surface area contributed by atoms with Gasteiger partial charge in [-0.1, -0.05) is 13.3 Å². The summed E-state index contributed by atoms with van der Waals surface area (Å²) in [6.07, 6.45) is -1.94. The number of nitrogens with zero attached hydrogens (tertiary/aromatic N) is 1. The molecule has 0 spiro atoms. The highest BCUT2D eigenvalue weighted by Gasteiger charge is 2.29. The molecule has 1 atom stereocenters. The van der Waals surface area contributed by atoms with E-state index >= 15 is 0 Å². The molecule has 0 fully saturated rings. The van der Waals surface area contributed by atoms with Gasteiger partial charge >= 0.3 is 6.18 Å². The van der Waals surface area contributed by atoms with Gasteiger partial charge in [-0.15, -0.1) is 0 Å². The summed E-state index contributed by atoms with van der Waals surface area (Å²) in [4.78, 5) is 15.6. The molecule has 1 amide bonds. The molecular formula is C13H18F3N3O2. The van der Waals surface area contributed by atoms with Crippen LogP contribution in [-0.2, 0) is 4.79 Å². The van der Waals surface area contributed by atoms with Gasteiger partial charge in [-0.25, -0.2) is 4.98 Å². The zero-order valence-electron chi connectivity index (χ0n) is 11.8. The number of halogens is 3. The largest absolute Gasteiger partial charge is 0.468 e. The first-order valence-electron chi connectivity index (χ1n) is 6.40. The average molecular weight is 305 g/mol. The molecule has 0 radical (unpaired) electrons. The third-order valence-electron chi connectivity index (χ3n) is 2.67. The van der Waals surface area contributed by atoms with E-state index in [1.165, 1.54) is 18.3 Å². The van der Waals surface area contributed by atoms with Crippen molar-refractivity contribution in [3.8, 4) is 5.88 Å². The zero-order chi connectivity index (χ0) is 16.1. The number of rotatable bonds is 6. The molecular weight excluding hydrogens is 287 g/mol. The van der Waals surface area contributed by atoms with Crippen molar-refractivity contribution in [3.63, 3.8) is 0 Å². The van der Waals surface area contributed by atoms with Gasteiger partial charge in [0.05, 0.1) is 17.4 Å². The zero-order valence-corrected chi connectivity index (χ0v) is 11.8. The van der Waals surface area contributed by atoms with Crippen molar-refractivity contribution in [3.05, 3.63) is 18.3 Å². The highest BCUT2D eigenvalue weighted by Crippen LogP contribution is 2.19. The summed E-state index contributed by atoms with van der Waals surface area (Å²) in [6, 6.07) is 2.65. The molecule has 1 aromatic heterocycles. The predicted molar refractivity (Wildman–Crippen MR) is 71.9 cm³/mol. The number of carbonyl (C=O) groups is 1. The molecule has 118 valence electrons. The van der Waals surface area contributed by atoms with Crippen molar-refractivity contribution in [2.24, 2.45) is 5.73 Å². The highest BCUT2D eigenvalue weighted by atomic mass is 19.4. The lowest BCUT2D eigenvalue weighted by atomic mass is 9.96. The van der Waals surface area contributed by atoms with Crippen LogP contribution in [0, 0.1) is 0 Å². The topological polar surface area (TPSA) is 77.2 Å². The Hall–Kier alpha value is -1.83. The maximum Gasteiger partial charge on any atom is 0.422 e.